The first kappa shape index (κ1) is 25.1. The first-order valence-electron chi connectivity index (χ1n) is 8.60. The Morgan fingerprint density at radius 3 is 0.840 bits per heavy atom. The quantitative estimate of drug-likeness (QED) is 0.355. The Balaban J connectivity index is 0.000000443. The first-order chi connectivity index (χ1) is 11.3. The molecule has 0 aliphatic rings. The van der Waals surface area contributed by atoms with Gasteiger partial charge in [-0.25, -0.2) is 0 Å². The Morgan fingerprint density at radius 1 is 0.480 bits per heavy atom. The summed E-state index contributed by atoms with van der Waals surface area (Å²) in [4.78, 5) is 0. The van der Waals surface area contributed by atoms with Crippen LogP contribution in [-0.2, 0) is 17.1 Å². The number of hydrogen-bond donors (Lipinski definition) is 0. The van der Waals surface area contributed by atoms with Gasteiger partial charge in [0.15, 0.2) is 0 Å². The molecular formula is C22H28FeP2-8. The van der Waals surface area contributed by atoms with E-state index in [-0.39, 0.29) is 32.9 Å². The van der Waals surface area contributed by atoms with Crippen LogP contribution in [0.15, 0.2) is 0 Å². The maximum absolute atomic E-state index is 3.09. The van der Waals surface area contributed by atoms with Gasteiger partial charge in [-0.05, 0) is 0 Å². The summed E-state index contributed by atoms with van der Waals surface area (Å²) in [7, 11) is -0.221. The molecule has 0 radical (unpaired) electrons. The monoisotopic (exact) mass is 410 g/mol. The van der Waals surface area contributed by atoms with Crippen LogP contribution < -0.4 is 10.6 Å². The van der Waals surface area contributed by atoms with Gasteiger partial charge in [0, 0.05) is 0 Å². The van der Waals surface area contributed by atoms with Gasteiger partial charge >= 0.3 is 17.1 Å². The maximum Gasteiger partial charge on any atom is 2.00 e. The zero-order valence-corrected chi connectivity index (χ0v) is 19.5. The van der Waals surface area contributed by atoms with Crippen molar-refractivity contribution in [1.29, 1.82) is 0 Å². The SMILES string of the molecule is CC(C)P([c-]1[c-][c-][c-][c-]1)C(C)C.CC(C)P([c-]1[c-][c-][c-][c-]1)C(C)C.[Fe+2]. The molecule has 0 saturated carbocycles. The summed E-state index contributed by atoms with van der Waals surface area (Å²) in [5, 5.41) is 2.41. The van der Waals surface area contributed by atoms with Crippen molar-refractivity contribution in [2.45, 2.75) is 78.0 Å². The van der Waals surface area contributed by atoms with Crippen molar-refractivity contribution >= 4 is 26.5 Å². The van der Waals surface area contributed by atoms with Gasteiger partial charge in [0.2, 0.25) is 0 Å². The van der Waals surface area contributed by atoms with Crippen molar-refractivity contribution in [3.05, 3.63) is 48.5 Å². The van der Waals surface area contributed by atoms with E-state index >= 15 is 0 Å². The van der Waals surface area contributed by atoms with Crippen LogP contribution in [0.25, 0.3) is 0 Å². The van der Waals surface area contributed by atoms with Gasteiger partial charge in [-0.3, -0.25) is 0 Å². The van der Waals surface area contributed by atoms with Crippen molar-refractivity contribution in [2.75, 3.05) is 0 Å². The van der Waals surface area contributed by atoms with Gasteiger partial charge in [-0.2, -0.15) is 0 Å². The molecule has 0 aliphatic carbocycles. The predicted octanol–water partition coefficient (Wildman–Crippen LogP) is 5.06. The van der Waals surface area contributed by atoms with E-state index in [0.717, 1.165) is 0 Å². The van der Waals surface area contributed by atoms with E-state index in [2.05, 4.69) is 104 Å². The van der Waals surface area contributed by atoms with Gasteiger partial charge in [0.1, 0.15) is 0 Å². The Bertz CT molecular complexity index is 458. The third kappa shape index (κ3) is 8.10. The van der Waals surface area contributed by atoms with E-state index in [4.69, 9.17) is 0 Å². The van der Waals surface area contributed by atoms with Crippen molar-refractivity contribution in [3.8, 4) is 0 Å². The zero-order chi connectivity index (χ0) is 18.3. The molecule has 3 heteroatoms. The van der Waals surface area contributed by atoms with Gasteiger partial charge < -0.3 is 75.0 Å². The fraction of sp³-hybridized carbons (Fsp3) is 0.545. The van der Waals surface area contributed by atoms with Crippen molar-refractivity contribution < 1.29 is 17.1 Å². The van der Waals surface area contributed by atoms with E-state index in [1.807, 2.05) is 0 Å². The molecule has 0 aliphatic heterocycles. The van der Waals surface area contributed by atoms with Crippen LogP contribution >= 0.6 is 15.8 Å². The molecule has 0 atom stereocenters. The molecule has 0 amide bonds. The summed E-state index contributed by atoms with van der Waals surface area (Å²) in [6, 6.07) is 23.7. The normalized spacial score (nSPS) is 11.4. The summed E-state index contributed by atoms with van der Waals surface area (Å²) < 4.78 is 0. The van der Waals surface area contributed by atoms with Crippen molar-refractivity contribution in [1.82, 2.24) is 0 Å². The summed E-state index contributed by atoms with van der Waals surface area (Å²) >= 11 is 0. The molecule has 0 heterocycles. The molecule has 0 unspecified atom stereocenters. The third-order valence-corrected chi connectivity index (χ3v) is 9.52. The van der Waals surface area contributed by atoms with E-state index in [1.54, 1.807) is 0 Å². The summed E-state index contributed by atoms with van der Waals surface area (Å²) in [5.41, 5.74) is 2.82. The minimum Gasteiger partial charge on any atom is -0.998 e. The minimum absolute atomic E-state index is 0. The topological polar surface area (TPSA) is 0 Å². The fourth-order valence-corrected chi connectivity index (χ4v) is 8.10. The fourth-order valence-electron chi connectivity index (χ4n) is 2.91. The van der Waals surface area contributed by atoms with Crippen LogP contribution in [0.5, 0.6) is 0 Å². The largest absolute Gasteiger partial charge is 2.00 e. The van der Waals surface area contributed by atoms with E-state index in [1.165, 1.54) is 10.6 Å². The first-order valence-corrected chi connectivity index (χ1v) is 11.6. The molecule has 142 valence electrons. The van der Waals surface area contributed by atoms with Crippen LogP contribution in [0.4, 0.5) is 0 Å². The molecule has 0 nitrogen and oxygen atoms in total. The molecule has 2 rings (SSSR count). The number of hydrogen-bond acceptors (Lipinski definition) is 0. The van der Waals surface area contributed by atoms with Crippen LogP contribution in [0.3, 0.4) is 0 Å². The van der Waals surface area contributed by atoms with E-state index in [0.29, 0.717) is 22.6 Å². The molecule has 2 aromatic carbocycles. The second-order valence-electron chi connectivity index (χ2n) is 6.89. The Hall–Kier alpha value is 0.0795. The average molecular weight is 410 g/mol. The second kappa shape index (κ2) is 12.5. The zero-order valence-electron chi connectivity index (χ0n) is 16.6. The smallest absolute Gasteiger partial charge is 0.998 e. The molecule has 25 heavy (non-hydrogen) atoms. The van der Waals surface area contributed by atoms with E-state index < -0.39 is 0 Å². The van der Waals surface area contributed by atoms with Gasteiger partial charge in [0.05, 0.1) is 0 Å². The Morgan fingerprint density at radius 2 is 0.680 bits per heavy atom. The van der Waals surface area contributed by atoms with Gasteiger partial charge in [-0.1, -0.05) is 78.0 Å². The molecular weight excluding hydrogens is 382 g/mol. The Kier molecular flexibility index (Phi) is 12.5. The van der Waals surface area contributed by atoms with Crippen LogP contribution in [0, 0.1) is 48.5 Å². The van der Waals surface area contributed by atoms with Crippen LogP contribution in [0.1, 0.15) is 55.4 Å². The van der Waals surface area contributed by atoms with E-state index in [9.17, 15) is 0 Å². The molecule has 2 aromatic rings. The molecule has 0 saturated heterocycles. The molecule has 0 bridgehead atoms. The summed E-state index contributed by atoms with van der Waals surface area (Å²) in [6.45, 7) is 18.1. The van der Waals surface area contributed by atoms with Crippen molar-refractivity contribution in [2.24, 2.45) is 0 Å². The average Bonchev–Trinajstić information content (AvgIpc) is 3.11. The molecule has 0 N–H and O–H groups in total. The standard InChI is InChI=1S/2C11H14P.Fe/c2*1-9(2)12(10(3)4)11-7-5-6-8-11;/h2*9-10H,1-4H3;/q2*-5;+2. The van der Waals surface area contributed by atoms with Crippen LogP contribution in [0.2, 0.25) is 0 Å². The molecule has 0 fully saturated rings. The number of rotatable bonds is 6. The summed E-state index contributed by atoms with van der Waals surface area (Å²) in [5.74, 6) is 0. The van der Waals surface area contributed by atoms with Crippen LogP contribution in [-0.4, -0.2) is 22.6 Å². The van der Waals surface area contributed by atoms with Gasteiger partial charge in [0.25, 0.3) is 0 Å². The molecule has 0 spiro atoms. The van der Waals surface area contributed by atoms with Crippen molar-refractivity contribution in [3.63, 3.8) is 0 Å². The second-order valence-corrected chi connectivity index (χ2v) is 13.5. The Labute approximate surface area is 169 Å². The third-order valence-electron chi connectivity index (χ3n) is 3.59. The van der Waals surface area contributed by atoms with Gasteiger partial charge in [-0.15, -0.1) is 0 Å². The predicted molar refractivity (Wildman–Crippen MR) is 108 cm³/mol. The minimum atomic E-state index is -0.110. The maximum atomic E-state index is 3.09. The summed E-state index contributed by atoms with van der Waals surface area (Å²) in [6.07, 6.45) is 0. The molecule has 0 aromatic heterocycles.